The maximum absolute atomic E-state index is 14.8. The van der Waals surface area contributed by atoms with Gasteiger partial charge in [0.2, 0.25) is 0 Å². The Morgan fingerprint density at radius 1 is 1.22 bits per heavy atom. The molecular formula is C25H29F5N4O3. The molecule has 2 fully saturated rings. The number of hydrogen-bond donors (Lipinski definition) is 2. The maximum Gasteiger partial charge on any atom is 0.433 e. The number of carbonyl (C=O) groups is 1. The number of H-pyrrole nitrogens is 1. The third-order valence-electron chi connectivity index (χ3n) is 7.83. The van der Waals surface area contributed by atoms with Crippen molar-refractivity contribution in [3.63, 3.8) is 0 Å². The van der Waals surface area contributed by atoms with Crippen LogP contribution in [0.15, 0.2) is 18.2 Å². The van der Waals surface area contributed by atoms with Crippen LogP contribution in [-0.4, -0.2) is 68.5 Å². The lowest BCUT2D eigenvalue weighted by molar-refractivity contribution is -0.142. The first-order valence-corrected chi connectivity index (χ1v) is 12.2. The van der Waals surface area contributed by atoms with Crippen LogP contribution in [0, 0.1) is 17.6 Å². The summed E-state index contributed by atoms with van der Waals surface area (Å²) in [5.41, 5.74) is -1.07. The van der Waals surface area contributed by atoms with Gasteiger partial charge < -0.3 is 9.84 Å². The van der Waals surface area contributed by atoms with Gasteiger partial charge in [-0.05, 0) is 57.7 Å². The van der Waals surface area contributed by atoms with E-state index < -0.39 is 47.3 Å². The van der Waals surface area contributed by atoms with Gasteiger partial charge in [-0.15, -0.1) is 0 Å². The zero-order valence-corrected chi connectivity index (χ0v) is 20.6. The number of amides is 1. The smallest absolute Gasteiger partial charge is 0.433 e. The highest BCUT2D eigenvalue weighted by molar-refractivity contribution is 5.66. The molecule has 2 N–H and O–H groups in total. The van der Waals surface area contributed by atoms with Gasteiger partial charge in [-0.25, -0.2) is 13.6 Å². The number of likely N-dealkylation sites (tertiary alicyclic amines) is 1. The molecule has 5 atom stereocenters. The highest BCUT2D eigenvalue weighted by Gasteiger charge is 2.51. The molecule has 1 aromatic heterocycles. The first-order valence-electron chi connectivity index (χ1n) is 12.2. The molecule has 3 aliphatic rings. The number of hydrogen-bond acceptors (Lipinski definition) is 4. The van der Waals surface area contributed by atoms with Crippen LogP contribution in [0.25, 0.3) is 0 Å². The van der Waals surface area contributed by atoms with Crippen molar-refractivity contribution >= 4 is 6.09 Å². The second-order valence-electron chi connectivity index (χ2n) is 11.2. The lowest BCUT2D eigenvalue weighted by Gasteiger charge is -2.48. The molecule has 0 saturated carbocycles. The van der Waals surface area contributed by atoms with Crippen LogP contribution < -0.4 is 0 Å². The van der Waals surface area contributed by atoms with E-state index >= 15 is 0 Å². The van der Waals surface area contributed by atoms with E-state index in [4.69, 9.17) is 4.74 Å². The van der Waals surface area contributed by atoms with E-state index in [0.29, 0.717) is 25.2 Å². The molecule has 5 rings (SSSR count). The van der Waals surface area contributed by atoms with Crippen molar-refractivity contribution < 1.29 is 36.6 Å². The summed E-state index contributed by atoms with van der Waals surface area (Å²) < 4.78 is 75.5. The second kappa shape index (κ2) is 8.93. The molecule has 0 radical (unpaired) electrons. The number of halogens is 5. The maximum atomic E-state index is 14.8. The molecule has 202 valence electrons. The number of carboxylic acid groups (broad SMARTS) is 1. The number of nitrogens with zero attached hydrogens (tertiary/aromatic N) is 3. The standard InChI is InChI=1S/C25H29F5N4O3/c1-24(2,3)34(23(35)36)19-8-14(11-37-21(19)15-7-13(26)4-5-17(15)27)33-9-12-6-18-20(16(12)10-33)22(32-31-18)25(28,29)30/h4-5,7,12,14,16,19,21H,6,8-11H2,1-3H3,(H,31,32)(H,35,36)/t12?,14-,16?,19+,21-/m1/s1. The lowest BCUT2D eigenvalue weighted by Crippen LogP contribution is -2.58. The highest BCUT2D eigenvalue weighted by atomic mass is 19.4. The van der Waals surface area contributed by atoms with Gasteiger partial charge in [-0.3, -0.25) is 14.9 Å². The van der Waals surface area contributed by atoms with Crippen LogP contribution in [0.2, 0.25) is 0 Å². The third kappa shape index (κ3) is 4.58. The summed E-state index contributed by atoms with van der Waals surface area (Å²) in [5, 5.41) is 16.1. The molecule has 1 amide bonds. The van der Waals surface area contributed by atoms with E-state index in [9.17, 15) is 31.9 Å². The van der Waals surface area contributed by atoms with Gasteiger partial charge in [0.15, 0.2) is 0 Å². The first kappa shape index (κ1) is 25.9. The summed E-state index contributed by atoms with van der Waals surface area (Å²) in [6, 6.07) is 1.85. The van der Waals surface area contributed by atoms with Crippen molar-refractivity contribution in [3.05, 3.63) is 52.3 Å². The van der Waals surface area contributed by atoms with Crippen molar-refractivity contribution in [2.24, 2.45) is 5.92 Å². The van der Waals surface area contributed by atoms with E-state index in [1.165, 1.54) is 4.90 Å². The molecule has 2 saturated heterocycles. The number of rotatable bonds is 3. The average molecular weight is 529 g/mol. The molecule has 0 bridgehead atoms. The van der Waals surface area contributed by atoms with Gasteiger partial charge in [-0.1, -0.05) is 0 Å². The van der Waals surface area contributed by atoms with Gasteiger partial charge in [0.25, 0.3) is 0 Å². The number of nitrogens with one attached hydrogen (secondary N) is 1. The van der Waals surface area contributed by atoms with Gasteiger partial charge in [0.1, 0.15) is 23.4 Å². The molecule has 1 aromatic carbocycles. The van der Waals surface area contributed by atoms with Crippen LogP contribution in [0.1, 0.15) is 61.7 Å². The van der Waals surface area contributed by atoms with Crippen LogP contribution in [0.5, 0.6) is 0 Å². The molecular weight excluding hydrogens is 499 g/mol. The summed E-state index contributed by atoms with van der Waals surface area (Å²) in [7, 11) is 0. The Labute approximate surface area is 210 Å². The minimum Gasteiger partial charge on any atom is -0.465 e. The molecule has 37 heavy (non-hydrogen) atoms. The molecule has 2 aromatic rings. The average Bonchev–Trinajstić information content (AvgIpc) is 3.45. The normalized spacial score (nSPS) is 28.3. The number of aromatic amines is 1. The van der Waals surface area contributed by atoms with Gasteiger partial charge in [0, 0.05) is 41.7 Å². The number of alkyl halides is 3. The third-order valence-corrected chi connectivity index (χ3v) is 7.83. The minimum atomic E-state index is -4.53. The van der Waals surface area contributed by atoms with Crippen molar-refractivity contribution in [2.75, 3.05) is 19.7 Å². The number of benzene rings is 1. The number of aromatic nitrogens is 2. The summed E-state index contributed by atoms with van der Waals surface area (Å²) >= 11 is 0. The minimum absolute atomic E-state index is 0.0387. The molecule has 2 unspecified atom stereocenters. The van der Waals surface area contributed by atoms with Crippen LogP contribution in [0.4, 0.5) is 26.7 Å². The Hall–Kier alpha value is -2.73. The zero-order valence-electron chi connectivity index (χ0n) is 20.6. The molecule has 2 aliphatic heterocycles. The SMILES string of the molecule is CC(C)(C)N(C(=O)O)[C@H]1C[C@@H](N2CC3Cc4n[nH]c(C(F)(F)F)c4C3C2)CO[C@@H]1c1cc(F)ccc1F. The zero-order chi connectivity index (χ0) is 26.9. The van der Waals surface area contributed by atoms with E-state index in [0.717, 1.165) is 18.2 Å². The molecule has 0 spiro atoms. The summed E-state index contributed by atoms with van der Waals surface area (Å²) in [5.74, 6) is -1.75. The largest absolute Gasteiger partial charge is 0.465 e. The Bertz CT molecular complexity index is 1190. The summed E-state index contributed by atoms with van der Waals surface area (Å²) in [6.07, 6.45) is -6.10. The first-order chi connectivity index (χ1) is 17.3. The van der Waals surface area contributed by atoms with E-state index in [2.05, 4.69) is 10.2 Å². The van der Waals surface area contributed by atoms with E-state index in [1.807, 2.05) is 4.90 Å². The Morgan fingerprint density at radius 2 is 1.95 bits per heavy atom. The van der Waals surface area contributed by atoms with Crippen LogP contribution >= 0.6 is 0 Å². The summed E-state index contributed by atoms with van der Waals surface area (Å²) in [4.78, 5) is 15.6. The fraction of sp³-hybridized carbons (Fsp3) is 0.600. The van der Waals surface area contributed by atoms with Crippen molar-refractivity contribution in [1.29, 1.82) is 0 Å². The van der Waals surface area contributed by atoms with Gasteiger partial charge >= 0.3 is 12.3 Å². The Morgan fingerprint density at radius 3 is 2.59 bits per heavy atom. The highest BCUT2D eigenvalue weighted by Crippen LogP contribution is 2.49. The molecule has 12 heteroatoms. The topological polar surface area (TPSA) is 81.7 Å². The quantitative estimate of drug-likeness (QED) is 0.551. The Kier molecular flexibility index (Phi) is 6.25. The number of fused-ring (bicyclic) bond motifs is 3. The fourth-order valence-electron chi connectivity index (χ4n) is 6.39. The predicted octanol–water partition coefficient (Wildman–Crippen LogP) is 4.96. The predicted molar refractivity (Wildman–Crippen MR) is 122 cm³/mol. The van der Waals surface area contributed by atoms with Crippen molar-refractivity contribution in [2.45, 2.75) is 69.4 Å². The fourth-order valence-corrected chi connectivity index (χ4v) is 6.39. The van der Waals surface area contributed by atoms with Gasteiger partial charge in [0.05, 0.1) is 18.3 Å². The van der Waals surface area contributed by atoms with Crippen LogP contribution in [-0.2, 0) is 17.3 Å². The monoisotopic (exact) mass is 528 g/mol. The van der Waals surface area contributed by atoms with E-state index in [1.54, 1.807) is 20.8 Å². The number of ether oxygens (including phenoxy) is 1. The lowest BCUT2D eigenvalue weighted by atomic mass is 9.88. The van der Waals surface area contributed by atoms with Gasteiger partial charge in [-0.2, -0.15) is 18.3 Å². The molecule has 7 nitrogen and oxygen atoms in total. The van der Waals surface area contributed by atoms with E-state index in [-0.39, 0.29) is 42.0 Å². The Balaban J connectivity index is 1.43. The van der Waals surface area contributed by atoms with Crippen molar-refractivity contribution in [1.82, 2.24) is 20.0 Å². The van der Waals surface area contributed by atoms with Crippen LogP contribution in [0.3, 0.4) is 0 Å². The van der Waals surface area contributed by atoms with Crippen molar-refractivity contribution in [3.8, 4) is 0 Å². The summed E-state index contributed by atoms with van der Waals surface area (Å²) in [6.45, 7) is 6.11. The molecule has 1 aliphatic carbocycles. The molecule has 3 heterocycles. The second-order valence-corrected chi connectivity index (χ2v) is 11.2.